The third-order valence-electron chi connectivity index (χ3n) is 5.49. The largest absolute Gasteiger partial charge is 0.508 e. The van der Waals surface area contributed by atoms with Gasteiger partial charge in [0, 0.05) is 13.7 Å². The van der Waals surface area contributed by atoms with E-state index in [0.29, 0.717) is 24.8 Å². The zero-order valence-corrected chi connectivity index (χ0v) is 17.9. The van der Waals surface area contributed by atoms with Crippen LogP contribution < -0.4 is 10.6 Å². The van der Waals surface area contributed by atoms with Crippen LogP contribution in [-0.4, -0.2) is 82.9 Å². The van der Waals surface area contributed by atoms with E-state index in [1.54, 1.807) is 12.1 Å². The Morgan fingerprint density at radius 2 is 1.81 bits per heavy atom. The van der Waals surface area contributed by atoms with Crippen molar-refractivity contribution in [2.75, 3.05) is 20.7 Å². The molecular weight excluding hydrogens is 406 g/mol. The number of likely N-dealkylation sites (tertiary alicyclic amines) is 1. The summed E-state index contributed by atoms with van der Waals surface area (Å²) < 4.78 is 5.55. The number of amides is 2. The van der Waals surface area contributed by atoms with Crippen LogP contribution in [0.15, 0.2) is 24.3 Å². The fraction of sp³-hybridized carbons (Fsp3) is 0.571. The number of aliphatic carboxylic acids is 1. The number of aliphatic hydroxyl groups is 1. The number of nitrogens with one attached hydrogen (secondary N) is 2. The van der Waals surface area contributed by atoms with Gasteiger partial charge in [-0.1, -0.05) is 12.1 Å². The predicted molar refractivity (Wildman–Crippen MR) is 111 cm³/mol. The Hall–Kier alpha value is -2.69. The predicted octanol–water partition coefficient (Wildman–Crippen LogP) is -0.001000. The molecule has 10 nitrogen and oxygen atoms in total. The highest BCUT2D eigenvalue weighted by atomic mass is 16.5. The van der Waals surface area contributed by atoms with Gasteiger partial charge in [-0.05, 0) is 50.9 Å². The van der Waals surface area contributed by atoms with Crippen molar-refractivity contribution in [3.8, 4) is 5.75 Å². The quantitative estimate of drug-likeness (QED) is 0.362. The minimum absolute atomic E-state index is 0.0249. The zero-order chi connectivity index (χ0) is 23.1. The second-order valence-electron chi connectivity index (χ2n) is 7.62. The summed E-state index contributed by atoms with van der Waals surface area (Å²) in [6.45, 7) is 1.69. The van der Waals surface area contributed by atoms with Crippen molar-refractivity contribution in [1.29, 1.82) is 0 Å². The molecule has 1 aliphatic rings. The molecule has 172 valence electrons. The smallest absolute Gasteiger partial charge is 0.326 e. The first-order chi connectivity index (χ1) is 14.7. The lowest BCUT2D eigenvalue weighted by Crippen LogP contribution is -2.60. The van der Waals surface area contributed by atoms with Gasteiger partial charge in [-0.3, -0.25) is 9.59 Å². The van der Waals surface area contributed by atoms with Crippen molar-refractivity contribution in [1.82, 2.24) is 15.5 Å². The number of hydrogen-bond acceptors (Lipinski definition) is 7. The van der Waals surface area contributed by atoms with Gasteiger partial charge in [-0.25, -0.2) is 4.79 Å². The van der Waals surface area contributed by atoms with Crippen molar-refractivity contribution < 1.29 is 34.4 Å². The molecule has 5 atom stereocenters. The fourth-order valence-electron chi connectivity index (χ4n) is 3.86. The van der Waals surface area contributed by atoms with Crippen LogP contribution in [0.1, 0.15) is 37.9 Å². The normalized spacial score (nSPS) is 20.4. The average molecular weight is 437 g/mol. The second-order valence-corrected chi connectivity index (χ2v) is 7.62. The highest BCUT2D eigenvalue weighted by Crippen LogP contribution is 2.27. The van der Waals surface area contributed by atoms with Crippen LogP contribution in [0, 0.1) is 0 Å². The molecule has 0 aliphatic carbocycles. The molecular formula is C21H31N3O7. The molecule has 0 unspecified atom stereocenters. The minimum atomic E-state index is -1.24. The van der Waals surface area contributed by atoms with Gasteiger partial charge in [-0.15, -0.1) is 0 Å². The molecule has 0 spiro atoms. The average Bonchev–Trinajstić information content (AvgIpc) is 2.74. The third-order valence-corrected chi connectivity index (χ3v) is 5.49. The van der Waals surface area contributed by atoms with Crippen LogP contribution in [0.3, 0.4) is 0 Å². The van der Waals surface area contributed by atoms with E-state index in [1.807, 2.05) is 0 Å². The number of piperidine rings is 1. The summed E-state index contributed by atoms with van der Waals surface area (Å²) in [4.78, 5) is 39.3. The highest BCUT2D eigenvalue weighted by Gasteiger charge is 2.41. The minimum Gasteiger partial charge on any atom is -0.508 e. The number of methoxy groups -OCH3 is 1. The van der Waals surface area contributed by atoms with E-state index >= 15 is 0 Å². The van der Waals surface area contributed by atoms with Crippen LogP contribution in [0.2, 0.25) is 0 Å². The number of phenolic OH excluding ortho intramolecular Hbond substituents is 1. The lowest BCUT2D eigenvalue weighted by atomic mass is 9.96. The second kappa shape index (κ2) is 11.1. The molecule has 5 N–H and O–H groups in total. The number of nitrogens with zero attached hydrogens (tertiary/aromatic N) is 1. The number of aliphatic hydroxyl groups excluding tert-OH is 1. The first-order valence-electron chi connectivity index (χ1n) is 10.2. The monoisotopic (exact) mass is 437 g/mol. The van der Waals surface area contributed by atoms with Crippen LogP contribution in [0.5, 0.6) is 5.75 Å². The molecule has 0 bridgehead atoms. The summed E-state index contributed by atoms with van der Waals surface area (Å²) >= 11 is 0. The van der Waals surface area contributed by atoms with E-state index < -0.39 is 48.1 Å². The number of carbonyl (C=O) groups excluding carboxylic acids is 2. The Morgan fingerprint density at radius 3 is 2.32 bits per heavy atom. The van der Waals surface area contributed by atoms with Gasteiger partial charge in [0.25, 0.3) is 0 Å². The maximum atomic E-state index is 13.5. The van der Waals surface area contributed by atoms with E-state index in [2.05, 4.69) is 10.6 Å². The number of likely N-dealkylation sites (N-methyl/N-ethyl adjacent to an activating group) is 1. The summed E-state index contributed by atoms with van der Waals surface area (Å²) in [6.07, 6.45) is -0.310. The van der Waals surface area contributed by atoms with Gasteiger partial charge >= 0.3 is 5.97 Å². The Bertz CT molecular complexity index is 769. The topological polar surface area (TPSA) is 148 Å². The number of benzene rings is 1. The van der Waals surface area contributed by atoms with Gasteiger partial charge in [0.2, 0.25) is 11.8 Å². The number of carbonyl (C=O) groups is 3. The molecule has 1 fully saturated rings. The standard InChI is InChI=1S/C21H31N3O7/c1-12(25)16(22-2)19(27)23-17(18(31-3)13-7-9-14(26)10-8-13)20(28)24-11-5-4-6-15(24)21(29)30/h7-10,12,15-18,22,25-26H,4-6,11H2,1-3H3,(H,23,27)(H,29,30)/t12-,15+,16+,17+,18-/m1/s1. The molecule has 10 heteroatoms. The van der Waals surface area contributed by atoms with Crippen molar-refractivity contribution in [3.63, 3.8) is 0 Å². The van der Waals surface area contributed by atoms with E-state index in [1.165, 1.54) is 38.1 Å². The maximum Gasteiger partial charge on any atom is 0.326 e. The van der Waals surface area contributed by atoms with Gasteiger partial charge in [0.05, 0.1) is 6.10 Å². The number of carboxylic acid groups (broad SMARTS) is 1. The Kier molecular flexibility index (Phi) is 8.78. The molecule has 0 saturated carbocycles. The molecule has 0 radical (unpaired) electrons. The first-order valence-corrected chi connectivity index (χ1v) is 10.2. The number of aromatic hydroxyl groups is 1. The molecule has 0 aromatic heterocycles. The van der Waals surface area contributed by atoms with Crippen molar-refractivity contribution in [2.24, 2.45) is 0 Å². The SMILES string of the molecule is CN[C@H](C(=O)N[C@H](C(=O)N1CCCC[C@H]1C(=O)O)[C@H](OC)c1ccc(O)cc1)[C@@H](C)O. The van der Waals surface area contributed by atoms with Crippen molar-refractivity contribution in [3.05, 3.63) is 29.8 Å². The van der Waals surface area contributed by atoms with E-state index in [4.69, 9.17) is 4.74 Å². The van der Waals surface area contributed by atoms with Gasteiger partial charge in [0.15, 0.2) is 0 Å². The summed E-state index contributed by atoms with van der Waals surface area (Å²) in [6, 6.07) is 2.77. The number of phenols is 1. The van der Waals surface area contributed by atoms with Crippen LogP contribution in [-0.2, 0) is 19.1 Å². The van der Waals surface area contributed by atoms with Crippen LogP contribution >= 0.6 is 0 Å². The summed E-state index contributed by atoms with van der Waals surface area (Å²) in [5.74, 6) is -2.29. The summed E-state index contributed by atoms with van der Waals surface area (Å²) in [7, 11) is 2.88. The number of rotatable bonds is 9. The van der Waals surface area contributed by atoms with Gasteiger partial charge in [0.1, 0.15) is 30.0 Å². The van der Waals surface area contributed by atoms with Crippen molar-refractivity contribution >= 4 is 17.8 Å². The van der Waals surface area contributed by atoms with Gasteiger partial charge < -0.3 is 35.6 Å². The first kappa shape index (κ1) is 24.6. The van der Waals surface area contributed by atoms with E-state index in [9.17, 15) is 29.7 Å². The van der Waals surface area contributed by atoms with E-state index in [-0.39, 0.29) is 12.3 Å². The van der Waals surface area contributed by atoms with Gasteiger partial charge in [-0.2, -0.15) is 0 Å². The maximum absolute atomic E-state index is 13.5. The van der Waals surface area contributed by atoms with Crippen LogP contribution in [0.4, 0.5) is 0 Å². The Labute approximate surface area is 181 Å². The number of carboxylic acids is 1. The lowest BCUT2D eigenvalue weighted by Gasteiger charge is -2.38. The fourth-order valence-corrected chi connectivity index (χ4v) is 3.86. The Morgan fingerprint density at radius 1 is 1.16 bits per heavy atom. The summed E-state index contributed by atoms with van der Waals surface area (Å²) in [5.41, 5.74) is 0.515. The molecule has 31 heavy (non-hydrogen) atoms. The molecule has 2 amide bonds. The highest BCUT2D eigenvalue weighted by molar-refractivity contribution is 5.92. The summed E-state index contributed by atoms with van der Waals surface area (Å²) in [5, 5.41) is 34.4. The molecule has 1 saturated heterocycles. The van der Waals surface area contributed by atoms with Crippen molar-refractivity contribution in [2.45, 2.75) is 56.5 Å². The zero-order valence-electron chi connectivity index (χ0n) is 17.9. The third kappa shape index (κ3) is 5.93. The molecule has 1 aliphatic heterocycles. The molecule has 1 heterocycles. The number of hydrogen-bond donors (Lipinski definition) is 5. The number of ether oxygens (including phenoxy) is 1. The molecule has 1 aromatic rings. The van der Waals surface area contributed by atoms with E-state index in [0.717, 1.165) is 0 Å². The Balaban J connectivity index is 2.42. The molecule has 2 rings (SSSR count). The van der Waals surface area contributed by atoms with Crippen LogP contribution in [0.25, 0.3) is 0 Å². The molecule has 1 aromatic carbocycles. The lowest BCUT2D eigenvalue weighted by molar-refractivity contribution is -0.155.